The maximum absolute atomic E-state index is 13.5. The van der Waals surface area contributed by atoms with Gasteiger partial charge in [-0.2, -0.15) is 14.5 Å². The lowest BCUT2D eigenvalue weighted by atomic mass is 10.2. The molecular weight excluding hydrogens is 580 g/mol. The number of primary sulfonamides is 1. The molecule has 6 rings (SSSR count). The summed E-state index contributed by atoms with van der Waals surface area (Å²) in [7, 11) is -4.09. The van der Waals surface area contributed by atoms with Gasteiger partial charge in [0, 0.05) is 25.5 Å². The summed E-state index contributed by atoms with van der Waals surface area (Å²) in [6, 6.07) is 15.6. The highest BCUT2D eigenvalue weighted by Gasteiger charge is 2.30. The summed E-state index contributed by atoms with van der Waals surface area (Å²) in [4.78, 5) is 0.311. The van der Waals surface area contributed by atoms with Crippen molar-refractivity contribution in [1.29, 1.82) is 0 Å². The van der Waals surface area contributed by atoms with E-state index in [1.807, 2.05) is 48.5 Å². The number of ether oxygens (including phenoxy) is 2. The second-order valence-electron chi connectivity index (χ2n) is 10.3. The Morgan fingerprint density at radius 2 is 1.14 bits per heavy atom. The number of hydrogen-bond donors (Lipinski definition) is 1. The zero-order chi connectivity index (χ0) is 29.9. The predicted octanol–water partition coefficient (Wildman–Crippen LogP) is 3.49. The topological polar surface area (TPSA) is 152 Å². The first kappa shape index (κ1) is 29.8. The summed E-state index contributed by atoms with van der Waals surface area (Å²) in [5.41, 5.74) is 1.75. The first-order valence-electron chi connectivity index (χ1n) is 13.4. The molecule has 0 aliphatic heterocycles. The van der Waals surface area contributed by atoms with Gasteiger partial charge in [-0.05, 0) is 61.1 Å². The highest BCUT2D eigenvalue weighted by Crippen LogP contribution is 2.35. The van der Waals surface area contributed by atoms with Gasteiger partial charge in [0.05, 0.1) is 38.7 Å². The van der Waals surface area contributed by atoms with Crippen LogP contribution in [0.25, 0.3) is 0 Å². The van der Waals surface area contributed by atoms with Gasteiger partial charge in [-0.1, -0.05) is 24.3 Å². The van der Waals surface area contributed by atoms with E-state index >= 15 is 0 Å². The minimum atomic E-state index is -3.73. The number of aromatic nitrogens is 4. The number of nitrogens with two attached hydrogens (primary N) is 1. The molecule has 2 aromatic heterocycles. The standard InChI is InChI=1S/C22H25N3O4S.C6H9N3O2S/c1-28-20-9-3-17(4-10-20)14-24(15-18-5-11-21(29-2)12-6-18)30(26,27)22-13-23-25(16-22)19-7-8-19;7-12(10,11)6-3-8-9(4-6)5-1-2-5/h3-6,9-13,16,19H,7-8,14-15H2,1-2H3;3-5H,1-2H2,(H2,7,10,11). The second kappa shape index (κ2) is 12.3. The summed E-state index contributed by atoms with van der Waals surface area (Å²) >= 11 is 0. The highest BCUT2D eigenvalue weighted by molar-refractivity contribution is 7.89. The van der Waals surface area contributed by atoms with Crippen molar-refractivity contribution in [2.75, 3.05) is 14.2 Å². The Morgan fingerprint density at radius 3 is 1.50 bits per heavy atom. The van der Waals surface area contributed by atoms with Gasteiger partial charge in [-0.3, -0.25) is 9.36 Å². The number of sulfonamides is 2. The van der Waals surface area contributed by atoms with Gasteiger partial charge >= 0.3 is 0 Å². The molecular formula is C28H34N6O6S2. The molecule has 2 N–H and O–H groups in total. The molecule has 12 nitrogen and oxygen atoms in total. The van der Waals surface area contributed by atoms with E-state index in [2.05, 4.69) is 10.2 Å². The molecule has 0 spiro atoms. The fourth-order valence-electron chi connectivity index (χ4n) is 4.24. The maximum atomic E-state index is 13.5. The lowest BCUT2D eigenvalue weighted by Crippen LogP contribution is -2.30. The average Bonchev–Trinajstić information content (AvgIpc) is 3.91. The van der Waals surface area contributed by atoms with Crippen LogP contribution in [-0.4, -0.2) is 54.9 Å². The molecule has 2 saturated carbocycles. The van der Waals surface area contributed by atoms with E-state index < -0.39 is 20.0 Å². The SMILES string of the molecule is COc1ccc(CN(Cc2ccc(OC)cc2)S(=O)(=O)c2cnn(C3CC3)c2)cc1.NS(=O)(=O)c1cnn(C2CC2)c1. The number of nitrogens with zero attached hydrogens (tertiary/aromatic N) is 5. The van der Waals surface area contributed by atoms with Crippen LogP contribution in [0.4, 0.5) is 0 Å². The van der Waals surface area contributed by atoms with Crippen molar-refractivity contribution in [2.45, 2.75) is 60.6 Å². The highest BCUT2D eigenvalue weighted by atomic mass is 32.2. The number of benzene rings is 2. The van der Waals surface area contributed by atoms with Gasteiger partial charge < -0.3 is 9.47 Å². The number of rotatable bonds is 11. The molecule has 0 saturated heterocycles. The van der Waals surface area contributed by atoms with Crippen LogP contribution in [0.2, 0.25) is 0 Å². The monoisotopic (exact) mass is 614 g/mol. The molecule has 2 aliphatic rings. The van der Waals surface area contributed by atoms with Gasteiger partial charge in [0.25, 0.3) is 0 Å². The zero-order valence-electron chi connectivity index (χ0n) is 23.4. The van der Waals surface area contributed by atoms with Crippen LogP contribution < -0.4 is 14.6 Å². The minimum Gasteiger partial charge on any atom is -0.497 e. The maximum Gasteiger partial charge on any atom is 0.246 e. The van der Waals surface area contributed by atoms with Crippen LogP contribution in [0, 0.1) is 0 Å². The van der Waals surface area contributed by atoms with E-state index in [4.69, 9.17) is 14.6 Å². The van der Waals surface area contributed by atoms with Crippen LogP contribution in [0.5, 0.6) is 11.5 Å². The molecule has 0 radical (unpaired) electrons. The smallest absolute Gasteiger partial charge is 0.246 e. The third kappa shape index (κ3) is 7.37. The van der Waals surface area contributed by atoms with Crippen molar-refractivity contribution in [2.24, 2.45) is 5.14 Å². The molecule has 0 atom stereocenters. The number of methoxy groups -OCH3 is 2. The minimum absolute atomic E-state index is 0.0920. The molecule has 2 aliphatic carbocycles. The van der Waals surface area contributed by atoms with E-state index in [-0.39, 0.29) is 22.9 Å². The van der Waals surface area contributed by atoms with E-state index in [0.717, 1.165) is 48.3 Å². The Kier molecular flexibility index (Phi) is 8.68. The Bertz CT molecular complexity index is 1660. The number of hydrogen-bond acceptors (Lipinski definition) is 8. The Labute approximate surface area is 245 Å². The average molecular weight is 615 g/mol. The molecule has 42 heavy (non-hydrogen) atoms. The lowest BCUT2D eigenvalue weighted by molar-refractivity contribution is 0.397. The van der Waals surface area contributed by atoms with Crippen molar-refractivity contribution in [1.82, 2.24) is 23.9 Å². The van der Waals surface area contributed by atoms with Gasteiger partial charge in [-0.25, -0.2) is 22.0 Å². The molecule has 224 valence electrons. The van der Waals surface area contributed by atoms with E-state index in [0.29, 0.717) is 12.1 Å². The largest absolute Gasteiger partial charge is 0.497 e. The van der Waals surface area contributed by atoms with Gasteiger partial charge in [0.2, 0.25) is 20.0 Å². The summed E-state index contributed by atoms with van der Waals surface area (Å²) in [6.45, 7) is 0.486. The summed E-state index contributed by atoms with van der Waals surface area (Å²) in [6.07, 6.45) is 10.1. The molecule has 2 fully saturated rings. The van der Waals surface area contributed by atoms with Gasteiger partial charge in [0.15, 0.2) is 0 Å². The fraction of sp³-hybridized carbons (Fsp3) is 0.357. The van der Waals surface area contributed by atoms with Crippen molar-refractivity contribution < 1.29 is 26.3 Å². The molecule has 0 bridgehead atoms. The zero-order valence-corrected chi connectivity index (χ0v) is 25.0. The Morgan fingerprint density at radius 1 is 0.738 bits per heavy atom. The fourth-order valence-corrected chi connectivity index (χ4v) is 6.05. The molecule has 4 aromatic rings. The van der Waals surface area contributed by atoms with Crippen molar-refractivity contribution >= 4 is 20.0 Å². The summed E-state index contributed by atoms with van der Waals surface area (Å²) in [5.74, 6) is 1.46. The summed E-state index contributed by atoms with van der Waals surface area (Å²) in [5, 5.41) is 13.1. The van der Waals surface area contributed by atoms with Gasteiger partial charge in [0.1, 0.15) is 21.3 Å². The molecule has 0 amide bonds. The second-order valence-corrected chi connectivity index (χ2v) is 13.8. The van der Waals surface area contributed by atoms with Crippen molar-refractivity contribution in [3.05, 3.63) is 84.4 Å². The first-order valence-corrected chi connectivity index (χ1v) is 16.4. The predicted molar refractivity (Wildman–Crippen MR) is 155 cm³/mol. The third-order valence-corrected chi connectivity index (χ3v) is 9.61. The first-order chi connectivity index (χ1) is 20.1. The Hall–Kier alpha value is -3.72. The van der Waals surface area contributed by atoms with E-state index in [1.54, 1.807) is 29.8 Å². The molecule has 2 heterocycles. The van der Waals surface area contributed by atoms with Crippen molar-refractivity contribution in [3.63, 3.8) is 0 Å². The quantitative estimate of drug-likeness (QED) is 0.270. The molecule has 0 unspecified atom stereocenters. The van der Waals surface area contributed by atoms with Crippen LogP contribution in [0.15, 0.2) is 83.1 Å². The Balaban J connectivity index is 0.000000244. The van der Waals surface area contributed by atoms with E-state index in [1.165, 1.54) is 22.9 Å². The molecule has 14 heteroatoms. The normalized spacial score (nSPS) is 15.2. The van der Waals surface area contributed by atoms with Crippen molar-refractivity contribution in [3.8, 4) is 11.5 Å². The van der Waals surface area contributed by atoms with Crippen LogP contribution in [0.3, 0.4) is 0 Å². The van der Waals surface area contributed by atoms with E-state index in [9.17, 15) is 16.8 Å². The summed E-state index contributed by atoms with van der Waals surface area (Å²) < 4.78 is 63.9. The van der Waals surface area contributed by atoms with Crippen LogP contribution in [0.1, 0.15) is 48.9 Å². The van der Waals surface area contributed by atoms with Gasteiger partial charge in [-0.15, -0.1) is 0 Å². The lowest BCUT2D eigenvalue weighted by Gasteiger charge is -2.22. The van der Waals surface area contributed by atoms with Crippen LogP contribution in [-0.2, 0) is 33.1 Å². The third-order valence-electron chi connectivity index (χ3n) is 7.00. The van der Waals surface area contributed by atoms with Crippen LogP contribution >= 0.6 is 0 Å². The molecule has 2 aromatic carbocycles.